The Balaban J connectivity index is 1.68. The van der Waals surface area contributed by atoms with Crippen molar-refractivity contribution in [3.63, 3.8) is 0 Å². The Kier molecular flexibility index (Phi) is 6.41. The van der Waals surface area contributed by atoms with E-state index in [4.69, 9.17) is 9.47 Å². The molecular formula is C21H19F2N3O4. The second kappa shape index (κ2) is 9.17. The Bertz CT molecular complexity index is 1080. The van der Waals surface area contributed by atoms with Crippen LogP contribution in [-0.4, -0.2) is 34.9 Å². The number of carbonyl (C=O) groups excluding carboxylic acids is 2. The molecule has 0 atom stereocenters. The summed E-state index contributed by atoms with van der Waals surface area (Å²) < 4.78 is 38.1. The monoisotopic (exact) mass is 415 g/mol. The number of amides is 1. The predicted molar refractivity (Wildman–Crippen MR) is 105 cm³/mol. The molecule has 3 rings (SSSR count). The van der Waals surface area contributed by atoms with Gasteiger partial charge in [0.05, 0.1) is 24.2 Å². The van der Waals surface area contributed by atoms with Gasteiger partial charge in [0.2, 0.25) is 0 Å². The molecule has 2 aromatic carbocycles. The highest BCUT2D eigenvalue weighted by Gasteiger charge is 2.16. The van der Waals surface area contributed by atoms with Crippen LogP contribution in [0.3, 0.4) is 0 Å². The van der Waals surface area contributed by atoms with Gasteiger partial charge in [0, 0.05) is 11.8 Å². The number of hydrogen-bond acceptors (Lipinski definition) is 5. The number of esters is 1. The smallest absolute Gasteiger partial charge is 0.341 e. The molecule has 0 bridgehead atoms. The molecule has 30 heavy (non-hydrogen) atoms. The van der Waals surface area contributed by atoms with Gasteiger partial charge in [-0.3, -0.25) is 4.79 Å². The van der Waals surface area contributed by atoms with E-state index in [1.54, 1.807) is 42.8 Å². The van der Waals surface area contributed by atoms with Gasteiger partial charge in [-0.15, -0.1) is 0 Å². The summed E-state index contributed by atoms with van der Waals surface area (Å²) >= 11 is 0. The largest absolute Gasteiger partial charge is 0.481 e. The van der Waals surface area contributed by atoms with Crippen molar-refractivity contribution in [1.29, 1.82) is 0 Å². The second-order valence-electron chi connectivity index (χ2n) is 6.24. The van der Waals surface area contributed by atoms with Gasteiger partial charge in [-0.1, -0.05) is 6.07 Å². The fourth-order valence-corrected chi connectivity index (χ4v) is 2.73. The lowest BCUT2D eigenvalue weighted by Crippen LogP contribution is -2.20. The van der Waals surface area contributed by atoms with Crippen LogP contribution in [0.25, 0.3) is 5.69 Å². The van der Waals surface area contributed by atoms with Crippen molar-refractivity contribution in [3.05, 3.63) is 71.6 Å². The van der Waals surface area contributed by atoms with Crippen molar-refractivity contribution in [2.45, 2.75) is 13.8 Å². The van der Waals surface area contributed by atoms with E-state index in [9.17, 15) is 18.4 Å². The number of anilines is 1. The second-order valence-corrected chi connectivity index (χ2v) is 6.24. The third-order valence-corrected chi connectivity index (χ3v) is 4.13. The average molecular weight is 415 g/mol. The van der Waals surface area contributed by atoms with Crippen LogP contribution in [0, 0.1) is 18.6 Å². The first kappa shape index (κ1) is 21.0. The van der Waals surface area contributed by atoms with E-state index in [0.29, 0.717) is 28.7 Å². The van der Waals surface area contributed by atoms with Gasteiger partial charge in [-0.2, -0.15) is 5.10 Å². The van der Waals surface area contributed by atoms with Gasteiger partial charge in [0.1, 0.15) is 11.4 Å². The molecule has 1 amide bonds. The summed E-state index contributed by atoms with van der Waals surface area (Å²) in [5.41, 5.74) is 2.01. The van der Waals surface area contributed by atoms with Gasteiger partial charge in [-0.05, 0) is 44.2 Å². The highest BCUT2D eigenvalue weighted by molar-refractivity contribution is 5.92. The summed E-state index contributed by atoms with van der Waals surface area (Å²) in [5, 5.41) is 6.84. The van der Waals surface area contributed by atoms with Crippen molar-refractivity contribution in [3.8, 4) is 11.4 Å². The highest BCUT2D eigenvalue weighted by atomic mass is 19.1. The summed E-state index contributed by atoms with van der Waals surface area (Å²) in [5.74, 6) is -2.84. The summed E-state index contributed by atoms with van der Waals surface area (Å²) in [7, 11) is 0. The Morgan fingerprint density at radius 3 is 2.70 bits per heavy atom. The summed E-state index contributed by atoms with van der Waals surface area (Å²) in [6.07, 6.45) is 1.42. The van der Waals surface area contributed by atoms with Crippen molar-refractivity contribution in [2.75, 3.05) is 18.5 Å². The molecule has 3 aromatic rings. The van der Waals surface area contributed by atoms with Crippen LogP contribution < -0.4 is 10.1 Å². The Labute approximate surface area is 171 Å². The van der Waals surface area contributed by atoms with E-state index in [1.807, 2.05) is 0 Å². The third kappa shape index (κ3) is 4.80. The minimum Gasteiger partial charge on any atom is -0.481 e. The zero-order chi connectivity index (χ0) is 21.7. The first-order valence-electron chi connectivity index (χ1n) is 9.09. The van der Waals surface area contributed by atoms with Gasteiger partial charge >= 0.3 is 5.97 Å². The average Bonchev–Trinajstić information content (AvgIpc) is 3.09. The Morgan fingerprint density at radius 2 is 1.97 bits per heavy atom. The van der Waals surface area contributed by atoms with E-state index in [1.165, 1.54) is 6.20 Å². The van der Waals surface area contributed by atoms with E-state index >= 15 is 0 Å². The highest BCUT2D eigenvalue weighted by Crippen LogP contribution is 2.20. The van der Waals surface area contributed by atoms with Crippen LogP contribution in [0.5, 0.6) is 5.75 Å². The molecule has 1 aromatic heterocycles. The summed E-state index contributed by atoms with van der Waals surface area (Å²) in [4.78, 5) is 24.1. The Morgan fingerprint density at radius 1 is 1.17 bits per heavy atom. The first-order chi connectivity index (χ1) is 14.4. The quantitative estimate of drug-likeness (QED) is 0.596. The number of nitrogens with one attached hydrogen (secondary N) is 1. The Hall–Kier alpha value is -3.75. The van der Waals surface area contributed by atoms with Gasteiger partial charge in [-0.25, -0.2) is 18.3 Å². The number of hydrogen-bond donors (Lipinski definition) is 1. The number of halogens is 2. The normalized spacial score (nSPS) is 10.5. The van der Waals surface area contributed by atoms with Crippen LogP contribution in [-0.2, 0) is 9.53 Å². The van der Waals surface area contributed by atoms with Crippen LogP contribution in [0.2, 0.25) is 0 Å². The van der Waals surface area contributed by atoms with E-state index < -0.39 is 30.1 Å². The summed E-state index contributed by atoms with van der Waals surface area (Å²) in [6.45, 7) is 3.25. The fraction of sp³-hybridized carbons (Fsp3) is 0.190. The molecule has 0 fully saturated rings. The topological polar surface area (TPSA) is 82.5 Å². The van der Waals surface area contributed by atoms with Gasteiger partial charge in [0.15, 0.2) is 18.2 Å². The van der Waals surface area contributed by atoms with E-state index in [-0.39, 0.29) is 12.4 Å². The molecule has 0 saturated carbocycles. The van der Waals surface area contributed by atoms with E-state index in [2.05, 4.69) is 10.4 Å². The maximum atomic E-state index is 13.6. The maximum Gasteiger partial charge on any atom is 0.341 e. The zero-order valence-electron chi connectivity index (χ0n) is 16.3. The number of rotatable bonds is 7. The molecule has 0 unspecified atom stereocenters. The lowest BCUT2D eigenvalue weighted by atomic mass is 10.2. The number of benzene rings is 2. The SMILES string of the molecule is CCOC(=O)c1cnn(-c2cccc(NC(=O)COc3ccc(F)cc3F)c2)c1C. The zero-order valence-corrected chi connectivity index (χ0v) is 16.3. The minimum absolute atomic E-state index is 0.223. The van der Waals surface area contributed by atoms with E-state index in [0.717, 1.165) is 12.1 Å². The molecule has 0 saturated heterocycles. The number of aromatic nitrogens is 2. The van der Waals surface area contributed by atoms with Crippen molar-refractivity contribution in [1.82, 2.24) is 9.78 Å². The molecule has 0 aliphatic rings. The van der Waals surface area contributed by atoms with Crippen LogP contribution in [0.1, 0.15) is 23.0 Å². The summed E-state index contributed by atoms with van der Waals surface area (Å²) in [6, 6.07) is 9.60. The number of ether oxygens (including phenoxy) is 2. The molecule has 0 radical (unpaired) electrons. The van der Waals surface area contributed by atoms with Gasteiger partial charge < -0.3 is 14.8 Å². The molecule has 0 aliphatic heterocycles. The molecule has 9 heteroatoms. The number of carbonyl (C=O) groups is 2. The standard InChI is InChI=1S/C21H19F2N3O4/c1-3-29-21(28)17-11-24-26(13(17)2)16-6-4-5-15(10-16)25-20(27)12-30-19-8-7-14(22)9-18(19)23/h4-11H,3,12H2,1-2H3,(H,25,27). The van der Waals surface area contributed by atoms with Crippen molar-refractivity contribution >= 4 is 17.6 Å². The fourth-order valence-electron chi connectivity index (χ4n) is 2.73. The molecule has 0 spiro atoms. The molecular weight excluding hydrogens is 396 g/mol. The van der Waals surface area contributed by atoms with Crippen LogP contribution in [0.15, 0.2) is 48.7 Å². The third-order valence-electron chi connectivity index (χ3n) is 4.13. The minimum atomic E-state index is -0.892. The molecule has 1 heterocycles. The van der Waals surface area contributed by atoms with Crippen LogP contribution >= 0.6 is 0 Å². The molecule has 156 valence electrons. The van der Waals surface area contributed by atoms with Gasteiger partial charge in [0.25, 0.3) is 5.91 Å². The predicted octanol–water partition coefficient (Wildman–Crippen LogP) is 3.65. The van der Waals surface area contributed by atoms with Crippen molar-refractivity contribution in [2.24, 2.45) is 0 Å². The van der Waals surface area contributed by atoms with Crippen LogP contribution in [0.4, 0.5) is 14.5 Å². The van der Waals surface area contributed by atoms with Crippen molar-refractivity contribution < 1.29 is 27.8 Å². The maximum absolute atomic E-state index is 13.6. The molecule has 0 aliphatic carbocycles. The molecule has 7 nitrogen and oxygen atoms in total. The lowest BCUT2D eigenvalue weighted by molar-refractivity contribution is -0.118. The molecule has 1 N–H and O–H groups in total. The first-order valence-corrected chi connectivity index (χ1v) is 9.09. The number of nitrogens with zero attached hydrogens (tertiary/aromatic N) is 2. The lowest BCUT2D eigenvalue weighted by Gasteiger charge is -2.10.